The second-order valence-electron chi connectivity index (χ2n) is 3.80. The van der Waals surface area contributed by atoms with E-state index in [0.29, 0.717) is 5.92 Å². The lowest BCUT2D eigenvalue weighted by Crippen LogP contribution is -1.98. The molecule has 0 heterocycles. The predicted octanol–water partition coefficient (Wildman–Crippen LogP) is 3.91. The molecule has 0 aliphatic carbocycles. The van der Waals surface area contributed by atoms with Gasteiger partial charge >= 0.3 is 0 Å². The van der Waals surface area contributed by atoms with E-state index >= 15 is 0 Å². The van der Waals surface area contributed by atoms with Gasteiger partial charge in [0.25, 0.3) is 0 Å². The van der Waals surface area contributed by atoms with Crippen LogP contribution < -0.4 is 0 Å². The fourth-order valence-electron chi connectivity index (χ4n) is 1.78. The highest BCUT2D eigenvalue weighted by Gasteiger charge is 2.09. The number of aryl methyl sites for hydroxylation is 1. The lowest BCUT2D eigenvalue weighted by molar-refractivity contribution is 0.900. The van der Waals surface area contributed by atoms with E-state index in [9.17, 15) is 0 Å². The van der Waals surface area contributed by atoms with Crippen LogP contribution in [-0.2, 0) is 6.42 Å². The molecule has 0 aromatic heterocycles. The normalized spacial score (nSPS) is 11.8. The molecule has 0 radical (unpaired) electrons. The van der Waals surface area contributed by atoms with Crippen molar-refractivity contribution in [1.82, 2.24) is 0 Å². The van der Waals surface area contributed by atoms with Crippen LogP contribution in [0.3, 0.4) is 0 Å². The van der Waals surface area contributed by atoms with E-state index in [-0.39, 0.29) is 0 Å². The van der Waals surface area contributed by atoms with Gasteiger partial charge in [0.05, 0.1) is 0 Å². The zero-order chi connectivity index (χ0) is 11.3. The molecule has 1 atom stereocenters. The Balaban J connectivity index is 3.23. The van der Waals surface area contributed by atoms with Crippen LogP contribution in [0.1, 0.15) is 42.9 Å². The fraction of sp³-hybridized carbons (Fsp3) is 0.333. The Hall–Kier alpha value is -1.48. The summed E-state index contributed by atoms with van der Waals surface area (Å²) in [7, 11) is 0. The SMILES string of the molecule is C#Cc1c(CCC)cccc1C(C)C=C. The molecular formula is C15H18. The van der Waals surface area contributed by atoms with Crippen LogP contribution in [-0.4, -0.2) is 0 Å². The summed E-state index contributed by atoms with van der Waals surface area (Å²) in [6, 6.07) is 6.31. The summed E-state index contributed by atoms with van der Waals surface area (Å²) < 4.78 is 0. The van der Waals surface area contributed by atoms with Crippen molar-refractivity contribution in [2.45, 2.75) is 32.6 Å². The van der Waals surface area contributed by atoms with Crippen LogP contribution in [0.15, 0.2) is 30.9 Å². The van der Waals surface area contributed by atoms with Gasteiger partial charge in [0, 0.05) is 5.56 Å². The molecule has 1 aromatic rings. The maximum atomic E-state index is 5.59. The van der Waals surface area contributed by atoms with Crippen LogP contribution in [0.4, 0.5) is 0 Å². The van der Waals surface area contributed by atoms with Crippen molar-refractivity contribution in [1.29, 1.82) is 0 Å². The second-order valence-corrected chi connectivity index (χ2v) is 3.80. The number of hydrogen-bond acceptors (Lipinski definition) is 0. The molecule has 0 N–H and O–H groups in total. The molecular weight excluding hydrogens is 180 g/mol. The molecule has 0 aliphatic heterocycles. The van der Waals surface area contributed by atoms with Gasteiger partial charge in [-0.1, -0.05) is 50.5 Å². The number of hydrogen-bond donors (Lipinski definition) is 0. The number of rotatable bonds is 4. The van der Waals surface area contributed by atoms with Gasteiger partial charge in [0.2, 0.25) is 0 Å². The summed E-state index contributed by atoms with van der Waals surface area (Å²) >= 11 is 0. The molecule has 0 spiro atoms. The van der Waals surface area contributed by atoms with E-state index in [2.05, 4.69) is 44.5 Å². The molecule has 0 saturated carbocycles. The first-order chi connectivity index (χ1) is 7.24. The number of allylic oxidation sites excluding steroid dienone is 1. The van der Waals surface area contributed by atoms with Crippen LogP contribution in [0.5, 0.6) is 0 Å². The van der Waals surface area contributed by atoms with Crippen LogP contribution >= 0.6 is 0 Å². The zero-order valence-electron chi connectivity index (χ0n) is 9.59. The minimum absolute atomic E-state index is 0.327. The predicted molar refractivity (Wildman–Crippen MR) is 67.0 cm³/mol. The highest BCUT2D eigenvalue weighted by atomic mass is 14.1. The molecule has 15 heavy (non-hydrogen) atoms. The fourth-order valence-corrected chi connectivity index (χ4v) is 1.78. The molecule has 0 saturated heterocycles. The van der Waals surface area contributed by atoms with E-state index in [1.165, 1.54) is 11.1 Å². The Morgan fingerprint density at radius 3 is 2.80 bits per heavy atom. The van der Waals surface area contributed by atoms with E-state index < -0.39 is 0 Å². The smallest absolute Gasteiger partial charge is 0.0312 e. The Bertz CT molecular complexity index is 380. The molecule has 0 nitrogen and oxygen atoms in total. The topological polar surface area (TPSA) is 0 Å². The Labute approximate surface area is 93.0 Å². The van der Waals surface area contributed by atoms with Crippen molar-refractivity contribution in [2.24, 2.45) is 0 Å². The van der Waals surface area contributed by atoms with Gasteiger partial charge < -0.3 is 0 Å². The van der Waals surface area contributed by atoms with Crippen molar-refractivity contribution in [2.75, 3.05) is 0 Å². The maximum Gasteiger partial charge on any atom is 0.0312 e. The Morgan fingerprint density at radius 2 is 2.27 bits per heavy atom. The van der Waals surface area contributed by atoms with Gasteiger partial charge in [-0.3, -0.25) is 0 Å². The van der Waals surface area contributed by atoms with Crippen molar-refractivity contribution in [3.05, 3.63) is 47.5 Å². The van der Waals surface area contributed by atoms with Gasteiger partial charge in [-0.15, -0.1) is 13.0 Å². The Morgan fingerprint density at radius 1 is 1.53 bits per heavy atom. The highest BCUT2D eigenvalue weighted by Crippen LogP contribution is 2.23. The lowest BCUT2D eigenvalue weighted by atomic mass is 9.91. The summed E-state index contributed by atoms with van der Waals surface area (Å²) in [5.74, 6) is 3.14. The van der Waals surface area contributed by atoms with E-state index in [4.69, 9.17) is 6.42 Å². The average Bonchev–Trinajstić information content (AvgIpc) is 2.28. The number of benzene rings is 1. The van der Waals surface area contributed by atoms with Crippen molar-refractivity contribution >= 4 is 0 Å². The van der Waals surface area contributed by atoms with Crippen LogP contribution in [0.2, 0.25) is 0 Å². The van der Waals surface area contributed by atoms with Gasteiger partial charge in [0.15, 0.2) is 0 Å². The first kappa shape index (κ1) is 11.6. The van der Waals surface area contributed by atoms with E-state index in [0.717, 1.165) is 18.4 Å². The van der Waals surface area contributed by atoms with E-state index in [1.54, 1.807) is 0 Å². The summed E-state index contributed by atoms with van der Waals surface area (Å²) in [5.41, 5.74) is 3.57. The van der Waals surface area contributed by atoms with Gasteiger partial charge in [-0.2, -0.15) is 0 Å². The molecule has 0 heteroatoms. The molecule has 1 unspecified atom stereocenters. The highest BCUT2D eigenvalue weighted by molar-refractivity contribution is 5.48. The van der Waals surface area contributed by atoms with Crippen LogP contribution in [0, 0.1) is 12.3 Å². The van der Waals surface area contributed by atoms with Gasteiger partial charge in [-0.25, -0.2) is 0 Å². The quantitative estimate of drug-likeness (QED) is 0.508. The molecule has 0 bridgehead atoms. The van der Waals surface area contributed by atoms with Crippen molar-refractivity contribution in [3.63, 3.8) is 0 Å². The van der Waals surface area contributed by atoms with Crippen molar-refractivity contribution in [3.8, 4) is 12.3 Å². The summed E-state index contributed by atoms with van der Waals surface area (Å²) in [6.07, 6.45) is 9.70. The summed E-state index contributed by atoms with van der Waals surface area (Å²) in [6.45, 7) is 8.11. The molecule has 1 aromatic carbocycles. The zero-order valence-corrected chi connectivity index (χ0v) is 9.59. The van der Waals surface area contributed by atoms with E-state index in [1.807, 2.05) is 6.08 Å². The average molecular weight is 198 g/mol. The first-order valence-corrected chi connectivity index (χ1v) is 5.45. The Kier molecular flexibility index (Phi) is 4.18. The number of terminal acetylenes is 1. The first-order valence-electron chi connectivity index (χ1n) is 5.45. The molecule has 78 valence electrons. The summed E-state index contributed by atoms with van der Waals surface area (Å²) in [5, 5.41) is 0. The minimum Gasteiger partial charge on any atom is -0.115 e. The molecule has 0 fully saturated rings. The van der Waals surface area contributed by atoms with Gasteiger partial charge in [-0.05, 0) is 23.5 Å². The third-order valence-electron chi connectivity index (χ3n) is 2.69. The van der Waals surface area contributed by atoms with Crippen LogP contribution in [0.25, 0.3) is 0 Å². The summed E-state index contributed by atoms with van der Waals surface area (Å²) in [4.78, 5) is 0. The molecule has 1 rings (SSSR count). The largest absolute Gasteiger partial charge is 0.115 e. The maximum absolute atomic E-state index is 5.59. The minimum atomic E-state index is 0.327. The molecule has 0 aliphatic rings. The van der Waals surface area contributed by atoms with Gasteiger partial charge in [0.1, 0.15) is 0 Å². The monoisotopic (exact) mass is 198 g/mol. The second kappa shape index (κ2) is 5.41. The lowest BCUT2D eigenvalue weighted by Gasteiger charge is -2.13. The molecule has 0 amide bonds. The van der Waals surface area contributed by atoms with Crippen molar-refractivity contribution < 1.29 is 0 Å². The standard InChI is InChI=1S/C15H18/c1-5-9-13-10-8-11-15(12(4)6-2)14(13)7-3/h3,6,8,10-12H,2,5,9H2,1,4H3. The third-order valence-corrected chi connectivity index (χ3v) is 2.69. The third kappa shape index (κ3) is 2.50.